The number of nitrogens with zero attached hydrogens (tertiary/aromatic N) is 1. The van der Waals surface area contributed by atoms with Crippen LogP contribution in [0.3, 0.4) is 0 Å². The van der Waals surface area contributed by atoms with Crippen molar-refractivity contribution in [3.8, 4) is 0 Å². The molecule has 3 N–H and O–H groups in total. The van der Waals surface area contributed by atoms with Gasteiger partial charge in [0.2, 0.25) is 0 Å². The largest absolute Gasteiger partial charge is 0.342 e. The van der Waals surface area contributed by atoms with E-state index in [1.165, 1.54) is 12.1 Å². The molecule has 0 amide bonds. The fourth-order valence-corrected chi connectivity index (χ4v) is 1.42. The van der Waals surface area contributed by atoms with Gasteiger partial charge < -0.3 is 10.7 Å². The van der Waals surface area contributed by atoms with Crippen LogP contribution in [0.2, 0.25) is 0 Å². The van der Waals surface area contributed by atoms with Gasteiger partial charge in [-0.2, -0.15) is 0 Å². The minimum atomic E-state index is -0.244. The highest BCUT2D eigenvalue weighted by Gasteiger charge is 2.02. The summed E-state index contributed by atoms with van der Waals surface area (Å²) in [6, 6.07) is 4.54. The Morgan fingerprint density at radius 2 is 2.29 bits per heavy atom. The molecule has 0 saturated carbocycles. The van der Waals surface area contributed by atoms with Crippen LogP contribution in [0.1, 0.15) is 12.2 Å². The second-order valence-electron chi connectivity index (χ2n) is 3.24. The third kappa shape index (κ3) is 1.75. The summed E-state index contributed by atoms with van der Waals surface area (Å²) >= 11 is 0. The maximum atomic E-state index is 12.8. The van der Waals surface area contributed by atoms with Gasteiger partial charge >= 0.3 is 0 Å². The highest BCUT2D eigenvalue weighted by molar-refractivity contribution is 5.74. The number of hydrogen-bond acceptors (Lipinski definition) is 2. The number of fused-ring (bicyclic) bond motifs is 1. The minimum Gasteiger partial charge on any atom is -0.342 e. The molecule has 0 atom stereocenters. The van der Waals surface area contributed by atoms with Crippen LogP contribution in [0.25, 0.3) is 11.0 Å². The zero-order valence-corrected chi connectivity index (χ0v) is 7.76. The summed E-state index contributed by atoms with van der Waals surface area (Å²) in [4.78, 5) is 7.38. The van der Waals surface area contributed by atoms with Gasteiger partial charge in [0.15, 0.2) is 0 Å². The molecule has 1 heterocycles. The second kappa shape index (κ2) is 3.75. The minimum absolute atomic E-state index is 0.244. The average molecular weight is 193 g/mol. The van der Waals surface area contributed by atoms with Gasteiger partial charge in [-0.15, -0.1) is 0 Å². The molecule has 0 spiro atoms. The Hall–Kier alpha value is -1.42. The van der Waals surface area contributed by atoms with Crippen molar-refractivity contribution in [1.29, 1.82) is 0 Å². The van der Waals surface area contributed by atoms with E-state index in [2.05, 4.69) is 9.97 Å². The van der Waals surface area contributed by atoms with Crippen molar-refractivity contribution in [2.75, 3.05) is 6.54 Å². The number of rotatable bonds is 3. The Labute approximate surface area is 81.1 Å². The molecule has 4 heteroatoms. The molecule has 1 aromatic heterocycles. The number of nitrogens with two attached hydrogens (primary N) is 1. The van der Waals surface area contributed by atoms with Gasteiger partial charge in [0.05, 0.1) is 11.0 Å². The first-order valence-electron chi connectivity index (χ1n) is 4.64. The first kappa shape index (κ1) is 9.15. The fraction of sp³-hybridized carbons (Fsp3) is 0.300. The van der Waals surface area contributed by atoms with Crippen molar-refractivity contribution >= 4 is 11.0 Å². The second-order valence-corrected chi connectivity index (χ2v) is 3.24. The van der Waals surface area contributed by atoms with Crippen molar-refractivity contribution in [2.24, 2.45) is 5.73 Å². The number of benzene rings is 1. The molecule has 0 aliphatic heterocycles. The van der Waals surface area contributed by atoms with Crippen LogP contribution in [0.4, 0.5) is 4.39 Å². The molecule has 1 aromatic carbocycles. The summed E-state index contributed by atoms with van der Waals surface area (Å²) in [5.41, 5.74) is 6.94. The summed E-state index contributed by atoms with van der Waals surface area (Å²) in [5.74, 6) is 0.627. The Bertz CT molecular complexity index is 436. The summed E-state index contributed by atoms with van der Waals surface area (Å²) in [5, 5.41) is 0. The molecule has 0 saturated heterocycles. The van der Waals surface area contributed by atoms with Gasteiger partial charge in [-0.25, -0.2) is 9.37 Å². The highest BCUT2D eigenvalue weighted by Crippen LogP contribution is 2.13. The number of hydrogen-bond donors (Lipinski definition) is 2. The maximum absolute atomic E-state index is 12.8. The zero-order chi connectivity index (χ0) is 9.97. The van der Waals surface area contributed by atoms with Gasteiger partial charge in [0.1, 0.15) is 11.6 Å². The third-order valence-electron chi connectivity index (χ3n) is 2.11. The average Bonchev–Trinajstić information content (AvgIpc) is 2.56. The summed E-state index contributed by atoms with van der Waals surface area (Å²) in [6.45, 7) is 0.644. The van der Waals surface area contributed by atoms with Crippen LogP contribution < -0.4 is 5.73 Å². The van der Waals surface area contributed by atoms with Gasteiger partial charge in [0, 0.05) is 6.42 Å². The lowest BCUT2D eigenvalue weighted by Crippen LogP contribution is -2.01. The molecular weight excluding hydrogens is 181 g/mol. The Morgan fingerprint density at radius 3 is 3.07 bits per heavy atom. The van der Waals surface area contributed by atoms with Gasteiger partial charge in [0.25, 0.3) is 0 Å². The number of aryl methyl sites for hydroxylation is 1. The van der Waals surface area contributed by atoms with E-state index in [0.29, 0.717) is 6.54 Å². The van der Waals surface area contributed by atoms with Crippen molar-refractivity contribution < 1.29 is 4.39 Å². The first-order chi connectivity index (χ1) is 6.79. The van der Waals surface area contributed by atoms with Gasteiger partial charge in [-0.1, -0.05) is 0 Å². The van der Waals surface area contributed by atoms with Crippen LogP contribution in [0.15, 0.2) is 18.2 Å². The zero-order valence-electron chi connectivity index (χ0n) is 7.76. The molecule has 0 unspecified atom stereocenters. The number of imidazole rings is 1. The Morgan fingerprint density at radius 1 is 1.43 bits per heavy atom. The highest BCUT2D eigenvalue weighted by atomic mass is 19.1. The van der Waals surface area contributed by atoms with E-state index < -0.39 is 0 Å². The Kier molecular flexibility index (Phi) is 2.45. The van der Waals surface area contributed by atoms with Crippen LogP contribution >= 0.6 is 0 Å². The van der Waals surface area contributed by atoms with Crippen LogP contribution in [0, 0.1) is 5.82 Å². The number of aromatic nitrogens is 2. The standard InChI is InChI=1S/C10H12FN3/c11-7-3-4-8-9(6-7)14-10(13-8)2-1-5-12/h3-4,6H,1-2,5,12H2,(H,13,14). The van der Waals surface area contributed by atoms with Crippen LogP contribution in [-0.4, -0.2) is 16.5 Å². The molecule has 0 radical (unpaired) electrons. The lowest BCUT2D eigenvalue weighted by atomic mass is 10.3. The van der Waals surface area contributed by atoms with E-state index in [1.807, 2.05) is 0 Å². The molecule has 2 rings (SSSR count). The van der Waals surface area contributed by atoms with E-state index in [-0.39, 0.29) is 5.82 Å². The third-order valence-corrected chi connectivity index (χ3v) is 2.11. The monoisotopic (exact) mass is 193 g/mol. The smallest absolute Gasteiger partial charge is 0.125 e. The number of H-pyrrole nitrogens is 1. The SMILES string of the molecule is NCCCc1nc2ccc(F)cc2[nH]1. The van der Waals surface area contributed by atoms with E-state index in [0.717, 1.165) is 29.7 Å². The topological polar surface area (TPSA) is 54.7 Å². The van der Waals surface area contributed by atoms with Crippen molar-refractivity contribution in [2.45, 2.75) is 12.8 Å². The summed E-state index contributed by atoms with van der Waals surface area (Å²) in [6.07, 6.45) is 1.70. The molecule has 3 nitrogen and oxygen atoms in total. The number of aromatic amines is 1. The van der Waals surface area contributed by atoms with E-state index in [1.54, 1.807) is 6.07 Å². The normalized spacial score (nSPS) is 11.0. The van der Waals surface area contributed by atoms with Gasteiger partial charge in [-0.05, 0) is 31.2 Å². The molecule has 0 bridgehead atoms. The molecule has 0 aliphatic rings. The predicted molar refractivity (Wildman–Crippen MR) is 53.4 cm³/mol. The number of nitrogens with one attached hydrogen (secondary N) is 1. The molecule has 0 fully saturated rings. The first-order valence-corrected chi connectivity index (χ1v) is 4.64. The lowest BCUT2D eigenvalue weighted by molar-refractivity contribution is 0.629. The molecular formula is C10H12FN3. The quantitative estimate of drug-likeness (QED) is 0.777. The summed E-state index contributed by atoms with van der Waals surface area (Å²) in [7, 11) is 0. The van der Waals surface area contributed by atoms with E-state index in [4.69, 9.17) is 5.73 Å². The molecule has 14 heavy (non-hydrogen) atoms. The van der Waals surface area contributed by atoms with Crippen molar-refractivity contribution in [1.82, 2.24) is 9.97 Å². The fourth-order valence-electron chi connectivity index (χ4n) is 1.42. The van der Waals surface area contributed by atoms with Crippen LogP contribution in [0.5, 0.6) is 0 Å². The van der Waals surface area contributed by atoms with Crippen molar-refractivity contribution in [3.63, 3.8) is 0 Å². The number of halogens is 1. The predicted octanol–water partition coefficient (Wildman–Crippen LogP) is 1.59. The maximum Gasteiger partial charge on any atom is 0.125 e. The van der Waals surface area contributed by atoms with Crippen molar-refractivity contribution in [3.05, 3.63) is 29.8 Å². The molecule has 74 valence electrons. The molecule has 0 aliphatic carbocycles. The van der Waals surface area contributed by atoms with Gasteiger partial charge in [-0.3, -0.25) is 0 Å². The molecule has 2 aromatic rings. The van der Waals surface area contributed by atoms with E-state index >= 15 is 0 Å². The summed E-state index contributed by atoms with van der Waals surface area (Å²) < 4.78 is 12.8. The van der Waals surface area contributed by atoms with Crippen LogP contribution in [-0.2, 0) is 6.42 Å². The van der Waals surface area contributed by atoms with E-state index in [9.17, 15) is 4.39 Å². The Balaban J connectivity index is 2.32. The lowest BCUT2D eigenvalue weighted by Gasteiger charge is -1.91.